The summed E-state index contributed by atoms with van der Waals surface area (Å²) in [6.07, 6.45) is 10.2. The van der Waals surface area contributed by atoms with Crippen LogP contribution in [0.2, 0.25) is 0 Å². The van der Waals surface area contributed by atoms with Gasteiger partial charge in [-0.25, -0.2) is 24.3 Å². The number of hydrogen-bond acceptors (Lipinski definition) is 9. The predicted molar refractivity (Wildman–Crippen MR) is 151 cm³/mol. The Morgan fingerprint density at radius 3 is 2.37 bits per heavy atom. The maximum Gasteiger partial charge on any atom is 0.225 e. The average Bonchev–Trinajstić information content (AvgIpc) is 3.34. The molecule has 1 aliphatic carbocycles. The van der Waals surface area contributed by atoms with E-state index in [1.807, 2.05) is 6.20 Å². The van der Waals surface area contributed by atoms with Gasteiger partial charge in [-0.2, -0.15) is 5.10 Å². The number of hydrogen-bond donors (Lipinski definition) is 3. The fourth-order valence-electron chi connectivity index (χ4n) is 5.32. The van der Waals surface area contributed by atoms with Crippen LogP contribution in [0, 0.1) is 5.82 Å². The van der Waals surface area contributed by atoms with E-state index in [1.54, 1.807) is 48.7 Å². The highest BCUT2D eigenvalue weighted by molar-refractivity contribution is 5.91. The van der Waals surface area contributed by atoms with Crippen LogP contribution in [-0.4, -0.2) is 76.7 Å². The third-order valence-corrected chi connectivity index (χ3v) is 8.10. The number of nitrogens with one attached hydrogen (secondary N) is 1. The molecule has 5 heterocycles. The lowest BCUT2D eigenvalue weighted by atomic mass is 9.90. The standard InChI is InChI=1S/C29H30FN9O2/c1-28(40,20-2-4-22(30)5-3-20)21-14-31-27(32-15-21)38-10-8-37(9-11-38)26-23-12-24(36-25(23)33-18-34-26)19-13-35-39(16-19)17-29(41)6-7-29/h2-5,12-16,18,40-41H,6-11,17H2,1H3,(H,33,34,36). The Kier molecular flexibility index (Phi) is 5.98. The first-order chi connectivity index (χ1) is 19.8. The van der Waals surface area contributed by atoms with E-state index < -0.39 is 11.2 Å². The summed E-state index contributed by atoms with van der Waals surface area (Å²) in [4.78, 5) is 25.8. The second-order valence-electron chi connectivity index (χ2n) is 11.1. The Balaban J connectivity index is 1.04. The number of benzene rings is 1. The molecule has 3 N–H and O–H groups in total. The number of nitrogens with zero attached hydrogens (tertiary/aromatic N) is 8. The summed E-state index contributed by atoms with van der Waals surface area (Å²) in [5.41, 5.74) is 1.75. The highest BCUT2D eigenvalue weighted by atomic mass is 19.1. The van der Waals surface area contributed by atoms with Gasteiger partial charge < -0.3 is 25.0 Å². The van der Waals surface area contributed by atoms with Gasteiger partial charge in [0.2, 0.25) is 5.95 Å². The molecule has 1 atom stereocenters. The largest absolute Gasteiger partial charge is 0.388 e. The number of H-pyrrole nitrogens is 1. The predicted octanol–water partition coefficient (Wildman–Crippen LogP) is 2.86. The first-order valence-corrected chi connectivity index (χ1v) is 13.7. The number of halogens is 1. The number of aliphatic hydroxyl groups is 2. The Hall–Kier alpha value is -4.42. The highest BCUT2D eigenvalue weighted by Crippen LogP contribution is 2.37. The second kappa shape index (κ2) is 9.60. The van der Waals surface area contributed by atoms with Crippen molar-refractivity contribution in [2.24, 2.45) is 0 Å². The Bertz CT molecular complexity index is 1690. The van der Waals surface area contributed by atoms with Crippen molar-refractivity contribution in [1.29, 1.82) is 0 Å². The van der Waals surface area contributed by atoms with Crippen molar-refractivity contribution >= 4 is 22.8 Å². The van der Waals surface area contributed by atoms with E-state index in [4.69, 9.17) is 0 Å². The molecular weight excluding hydrogens is 525 g/mol. The van der Waals surface area contributed by atoms with Gasteiger partial charge in [0.05, 0.1) is 29.4 Å². The van der Waals surface area contributed by atoms with Gasteiger partial charge in [0.1, 0.15) is 29.2 Å². The highest BCUT2D eigenvalue weighted by Gasteiger charge is 2.41. The normalized spacial score (nSPS) is 18.0. The Morgan fingerprint density at radius 1 is 0.951 bits per heavy atom. The fraction of sp³-hybridized carbons (Fsp3) is 0.345. The van der Waals surface area contributed by atoms with Crippen LogP contribution < -0.4 is 9.80 Å². The average molecular weight is 556 g/mol. The monoisotopic (exact) mass is 555 g/mol. The van der Waals surface area contributed by atoms with E-state index in [-0.39, 0.29) is 5.82 Å². The molecule has 11 nitrogen and oxygen atoms in total. The maximum absolute atomic E-state index is 13.3. The molecule has 12 heteroatoms. The summed E-state index contributed by atoms with van der Waals surface area (Å²) in [6, 6.07) is 7.83. The first kappa shape index (κ1) is 25.5. The van der Waals surface area contributed by atoms with E-state index in [9.17, 15) is 14.6 Å². The zero-order valence-electron chi connectivity index (χ0n) is 22.6. The van der Waals surface area contributed by atoms with Crippen molar-refractivity contribution in [2.45, 2.75) is 37.5 Å². The molecule has 2 fully saturated rings. The lowest BCUT2D eigenvalue weighted by Gasteiger charge is -2.35. The first-order valence-electron chi connectivity index (χ1n) is 13.7. The zero-order valence-corrected chi connectivity index (χ0v) is 22.6. The molecule has 0 amide bonds. The van der Waals surface area contributed by atoms with Crippen molar-refractivity contribution in [1.82, 2.24) is 34.7 Å². The lowest BCUT2D eigenvalue weighted by Crippen LogP contribution is -2.47. The third-order valence-electron chi connectivity index (χ3n) is 8.10. The van der Waals surface area contributed by atoms with Crippen LogP contribution in [0.25, 0.3) is 22.3 Å². The SMILES string of the molecule is CC(O)(c1ccc(F)cc1)c1cnc(N2CCN(c3ncnc4[nH]c(-c5cnn(CC6(O)CC6)c5)cc34)CC2)nc1. The van der Waals surface area contributed by atoms with E-state index in [2.05, 4.69) is 45.9 Å². The van der Waals surface area contributed by atoms with Gasteiger partial charge in [-0.1, -0.05) is 12.1 Å². The smallest absolute Gasteiger partial charge is 0.225 e. The van der Waals surface area contributed by atoms with Gasteiger partial charge in [-0.3, -0.25) is 4.68 Å². The van der Waals surface area contributed by atoms with Gasteiger partial charge in [-0.15, -0.1) is 0 Å². The van der Waals surface area contributed by atoms with E-state index >= 15 is 0 Å². The Labute approximate surface area is 235 Å². The number of aromatic amines is 1. The number of fused-ring (bicyclic) bond motifs is 1. The summed E-state index contributed by atoms with van der Waals surface area (Å²) in [7, 11) is 0. The van der Waals surface area contributed by atoms with Crippen molar-refractivity contribution < 1.29 is 14.6 Å². The van der Waals surface area contributed by atoms with Crippen molar-refractivity contribution in [3.05, 3.63) is 78.4 Å². The summed E-state index contributed by atoms with van der Waals surface area (Å²) in [5, 5.41) is 26.6. The summed E-state index contributed by atoms with van der Waals surface area (Å²) in [6.45, 7) is 5.00. The van der Waals surface area contributed by atoms with Gasteiger partial charge >= 0.3 is 0 Å². The van der Waals surface area contributed by atoms with Crippen molar-refractivity contribution in [3.8, 4) is 11.3 Å². The minimum Gasteiger partial charge on any atom is -0.388 e. The number of rotatable bonds is 7. The summed E-state index contributed by atoms with van der Waals surface area (Å²) < 4.78 is 15.1. The summed E-state index contributed by atoms with van der Waals surface area (Å²) >= 11 is 0. The minimum absolute atomic E-state index is 0.354. The Morgan fingerprint density at radius 2 is 1.66 bits per heavy atom. The summed E-state index contributed by atoms with van der Waals surface area (Å²) in [5.74, 6) is 1.10. The van der Waals surface area contributed by atoms with Gasteiger partial charge in [0, 0.05) is 55.9 Å². The van der Waals surface area contributed by atoms with Crippen LogP contribution in [-0.2, 0) is 12.1 Å². The maximum atomic E-state index is 13.3. The number of piperazine rings is 1. The molecule has 1 aliphatic heterocycles. The topological polar surface area (TPSA) is 132 Å². The minimum atomic E-state index is -1.34. The molecule has 1 saturated heterocycles. The number of anilines is 2. The molecule has 0 spiro atoms. The quantitative estimate of drug-likeness (QED) is 0.277. The molecule has 7 rings (SSSR count). The lowest BCUT2D eigenvalue weighted by molar-refractivity contribution is 0.101. The van der Waals surface area contributed by atoms with Gasteiger partial charge in [0.25, 0.3) is 0 Å². The molecule has 0 radical (unpaired) electrons. The molecular formula is C29H30FN9O2. The zero-order chi connectivity index (χ0) is 28.2. The van der Waals surface area contributed by atoms with Crippen LogP contribution in [0.15, 0.2) is 61.4 Å². The molecule has 2 aliphatic rings. The third kappa shape index (κ3) is 4.89. The van der Waals surface area contributed by atoms with Crippen LogP contribution in [0.4, 0.5) is 16.2 Å². The molecule has 0 bridgehead atoms. The molecule has 4 aromatic heterocycles. The van der Waals surface area contributed by atoms with Gasteiger partial charge in [-0.05, 0) is 43.5 Å². The molecule has 210 valence electrons. The number of aromatic nitrogens is 7. The van der Waals surface area contributed by atoms with Crippen LogP contribution in [0.5, 0.6) is 0 Å². The van der Waals surface area contributed by atoms with Crippen LogP contribution >= 0.6 is 0 Å². The second-order valence-corrected chi connectivity index (χ2v) is 11.1. The van der Waals surface area contributed by atoms with E-state index in [0.717, 1.165) is 54.0 Å². The van der Waals surface area contributed by atoms with Crippen molar-refractivity contribution in [3.63, 3.8) is 0 Å². The molecule has 1 unspecified atom stereocenters. The van der Waals surface area contributed by atoms with E-state index in [1.165, 1.54) is 12.1 Å². The van der Waals surface area contributed by atoms with Gasteiger partial charge in [0.15, 0.2) is 0 Å². The molecule has 1 aromatic carbocycles. The molecule has 5 aromatic rings. The van der Waals surface area contributed by atoms with Crippen LogP contribution in [0.3, 0.4) is 0 Å². The van der Waals surface area contributed by atoms with Crippen molar-refractivity contribution in [2.75, 3.05) is 36.0 Å². The van der Waals surface area contributed by atoms with Crippen LogP contribution in [0.1, 0.15) is 30.9 Å². The molecule has 41 heavy (non-hydrogen) atoms. The fourth-order valence-corrected chi connectivity index (χ4v) is 5.32. The van der Waals surface area contributed by atoms with E-state index in [0.29, 0.717) is 36.7 Å². The molecule has 1 saturated carbocycles.